The quantitative estimate of drug-likeness (QED) is 0.497. The molecule has 1 aromatic heterocycles. The lowest BCUT2D eigenvalue weighted by Crippen LogP contribution is -2.53. The Labute approximate surface area is 194 Å². The van der Waals surface area contributed by atoms with Gasteiger partial charge in [-0.25, -0.2) is 4.98 Å². The van der Waals surface area contributed by atoms with E-state index >= 15 is 0 Å². The zero-order valence-electron chi connectivity index (χ0n) is 18.7. The smallest absolute Gasteiger partial charge is 0.215 e. The van der Waals surface area contributed by atoms with E-state index < -0.39 is 0 Å². The normalized spacial score (nSPS) is 22.7. The summed E-state index contributed by atoms with van der Waals surface area (Å²) in [5.41, 5.74) is 21.3. The van der Waals surface area contributed by atoms with Crippen molar-refractivity contribution in [1.29, 1.82) is 0 Å². The van der Waals surface area contributed by atoms with Gasteiger partial charge in [-0.3, -0.25) is 0 Å². The van der Waals surface area contributed by atoms with Crippen molar-refractivity contribution in [3.63, 3.8) is 0 Å². The number of aromatic hydroxyl groups is 1. The van der Waals surface area contributed by atoms with E-state index in [2.05, 4.69) is 26.9 Å². The van der Waals surface area contributed by atoms with Crippen molar-refractivity contribution in [3.8, 4) is 11.6 Å². The van der Waals surface area contributed by atoms with E-state index in [9.17, 15) is 5.11 Å². The van der Waals surface area contributed by atoms with Gasteiger partial charge in [-0.1, -0.05) is 12.1 Å². The lowest BCUT2D eigenvalue weighted by Gasteiger charge is -2.44. The highest BCUT2D eigenvalue weighted by atomic mass is 16.5. The van der Waals surface area contributed by atoms with Crippen LogP contribution in [0.15, 0.2) is 60.2 Å². The molecule has 5 rings (SSSR count). The molecule has 3 fully saturated rings. The van der Waals surface area contributed by atoms with Gasteiger partial charge in [0.15, 0.2) is 0 Å². The first-order chi connectivity index (χ1) is 16.0. The van der Waals surface area contributed by atoms with Crippen LogP contribution in [0.5, 0.6) is 11.6 Å². The van der Waals surface area contributed by atoms with Gasteiger partial charge in [-0.2, -0.15) is 0 Å². The van der Waals surface area contributed by atoms with Gasteiger partial charge in [0.1, 0.15) is 17.7 Å². The largest absolute Gasteiger partial charge is 0.507 e. The number of rotatable bonds is 6. The molecule has 8 nitrogen and oxygen atoms in total. The summed E-state index contributed by atoms with van der Waals surface area (Å²) >= 11 is 0. The Morgan fingerprint density at radius 1 is 1.03 bits per heavy atom. The summed E-state index contributed by atoms with van der Waals surface area (Å²) in [6.07, 6.45) is 9.58. The molecule has 1 saturated carbocycles. The molecule has 33 heavy (non-hydrogen) atoms. The second-order valence-corrected chi connectivity index (χ2v) is 9.18. The molecule has 2 bridgehead atoms. The van der Waals surface area contributed by atoms with Gasteiger partial charge >= 0.3 is 0 Å². The molecule has 2 saturated heterocycles. The molecule has 0 radical (unpaired) electrons. The number of anilines is 1. The summed E-state index contributed by atoms with van der Waals surface area (Å²) in [6.45, 7) is 1.57. The molecule has 7 N–H and O–H groups in total. The topological polar surface area (TPSA) is 127 Å². The minimum absolute atomic E-state index is 0.128. The summed E-state index contributed by atoms with van der Waals surface area (Å²) < 4.78 is 6.03. The zero-order chi connectivity index (χ0) is 22.9. The van der Waals surface area contributed by atoms with Crippen LogP contribution in [0, 0.1) is 0 Å². The van der Waals surface area contributed by atoms with Gasteiger partial charge in [0.05, 0.1) is 5.70 Å². The first kappa shape index (κ1) is 21.3. The molecule has 174 valence electrons. The van der Waals surface area contributed by atoms with Crippen molar-refractivity contribution in [3.05, 3.63) is 65.8 Å². The number of hydrogen-bond acceptors (Lipinski definition) is 8. The highest BCUT2D eigenvalue weighted by molar-refractivity contribution is 5.70. The molecule has 2 aliphatic heterocycles. The molecular weight excluding hydrogens is 416 g/mol. The van der Waals surface area contributed by atoms with Gasteiger partial charge in [-0.15, -0.1) is 0 Å². The number of phenols is 1. The number of pyridine rings is 1. The van der Waals surface area contributed by atoms with Crippen molar-refractivity contribution in [2.45, 2.75) is 50.3 Å². The Kier molecular flexibility index (Phi) is 5.66. The molecule has 3 heterocycles. The van der Waals surface area contributed by atoms with Gasteiger partial charge in [0.2, 0.25) is 5.88 Å². The van der Waals surface area contributed by atoms with Crippen molar-refractivity contribution in [2.75, 3.05) is 18.0 Å². The van der Waals surface area contributed by atoms with E-state index in [0.717, 1.165) is 44.5 Å². The van der Waals surface area contributed by atoms with Crippen molar-refractivity contribution >= 4 is 11.4 Å². The maximum atomic E-state index is 10.2. The van der Waals surface area contributed by atoms with Crippen LogP contribution < -0.4 is 26.8 Å². The first-order valence-corrected chi connectivity index (χ1v) is 11.7. The summed E-state index contributed by atoms with van der Waals surface area (Å²) in [6, 6.07) is 11.8. The number of hydrogen-bond donors (Lipinski definition) is 4. The number of fused-ring (bicyclic) bond motifs is 2. The molecule has 1 aliphatic carbocycles. The van der Waals surface area contributed by atoms with E-state index in [1.54, 1.807) is 24.3 Å². The highest BCUT2D eigenvalue weighted by Gasteiger charge is 2.41. The number of allylic oxidation sites excluding steroid dienone is 1. The van der Waals surface area contributed by atoms with E-state index in [1.165, 1.54) is 6.42 Å². The van der Waals surface area contributed by atoms with Gasteiger partial charge in [-0.05, 0) is 56.4 Å². The Balaban J connectivity index is 1.35. The Morgan fingerprint density at radius 3 is 2.39 bits per heavy atom. The predicted octanol–water partition coefficient (Wildman–Crippen LogP) is 2.46. The molecule has 0 amide bonds. The Hall–Kier alpha value is -3.55. The number of piperazine rings is 1. The van der Waals surface area contributed by atoms with Gasteiger partial charge in [0.25, 0.3) is 0 Å². The van der Waals surface area contributed by atoms with Crippen LogP contribution in [-0.4, -0.2) is 46.3 Å². The number of para-hydroxylation sites is 1. The summed E-state index contributed by atoms with van der Waals surface area (Å²) in [5, 5.41) is 10.2. The standard InChI is InChI=1S/C25H32N6O2/c26-21(20-6-1-2-7-23(20)32)13-22(25(27)28)30-14-17-8-9-18(15-30)31(17)16-10-11-29-24(12-16)33-19-4-3-5-19/h1-2,6-7,10-13,17-19,32H,3-5,8-9,14-15,26-28H2/b21-13-. The molecule has 8 heteroatoms. The third-order valence-corrected chi connectivity index (χ3v) is 6.98. The van der Waals surface area contributed by atoms with Crippen LogP contribution in [-0.2, 0) is 0 Å². The van der Waals surface area contributed by atoms with Crippen LogP contribution in [0.25, 0.3) is 5.70 Å². The lowest BCUT2D eigenvalue weighted by molar-refractivity contribution is 0.114. The summed E-state index contributed by atoms with van der Waals surface area (Å²) in [5.74, 6) is 1.06. The minimum atomic E-state index is 0.128. The third kappa shape index (κ3) is 4.25. The summed E-state index contributed by atoms with van der Waals surface area (Å²) in [4.78, 5) is 9.13. The predicted molar refractivity (Wildman–Crippen MR) is 129 cm³/mol. The Bertz CT molecular complexity index is 1060. The maximum Gasteiger partial charge on any atom is 0.215 e. The van der Waals surface area contributed by atoms with E-state index in [1.807, 2.05) is 12.3 Å². The van der Waals surface area contributed by atoms with E-state index in [4.69, 9.17) is 21.9 Å². The first-order valence-electron chi connectivity index (χ1n) is 11.7. The fourth-order valence-corrected chi connectivity index (χ4v) is 5.10. The van der Waals surface area contributed by atoms with Crippen LogP contribution in [0.3, 0.4) is 0 Å². The fraction of sp³-hybridized carbons (Fsp3) is 0.400. The number of nitrogens with two attached hydrogens (primary N) is 3. The third-order valence-electron chi connectivity index (χ3n) is 6.98. The number of likely N-dealkylation sites (tertiary alicyclic amines) is 1. The molecule has 2 aromatic rings. The summed E-state index contributed by atoms with van der Waals surface area (Å²) in [7, 11) is 0. The van der Waals surface area contributed by atoms with Gasteiger partial charge < -0.3 is 36.8 Å². The molecule has 2 atom stereocenters. The average molecular weight is 449 g/mol. The minimum Gasteiger partial charge on any atom is -0.507 e. The molecule has 2 unspecified atom stereocenters. The number of nitrogens with zero attached hydrogens (tertiary/aromatic N) is 3. The van der Waals surface area contributed by atoms with Crippen LogP contribution in [0.1, 0.15) is 37.7 Å². The lowest BCUT2D eigenvalue weighted by atomic mass is 9.96. The number of ether oxygens (including phenoxy) is 1. The fourth-order valence-electron chi connectivity index (χ4n) is 5.10. The molecule has 3 aliphatic rings. The zero-order valence-corrected chi connectivity index (χ0v) is 18.7. The Morgan fingerprint density at radius 2 is 1.76 bits per heavy atom. The van der Waals surface area contributed by atoms with Crippen LogP contribution in [0.4, 0.5) is 5.69 Å². The average Bonchev–Trinajstić information content (AvgIpc) is 3.04. The van der Waals surface area contributed by atoms with Crippen molar-refractivity contribution < 1.29 is 9.84 Å². The van der Waals surface area contributed by atoms with E-state index in [-0.39, 0.29) is 11.6 Å². The van der Waals surface area contributed by atoms with Crippen LogP contribution >= 0.6 is 0 Å². The number of aromatic nitrogens is 1. The van der Waals surface area contributed by atoms with Crippen LogP contribution in [0.2, 0.25) is 0 Å². The maximum absolute atomic E-state index is 10.2. The second-order valence-electron chi connectivity index (χ2n) is 9.18. The second kappa shape index (κ2) is 8.77. The number of phenolic OH excluding ortho intramolecular Hbond substituents is 1. The van der Waals surface area contributed by atoms with E-state index in [0.29, 0.717) is 41.0 Å². The van der Waals surface area contributed by atoms with Gasteiger partial charge in [0, 0.05) is 54.4 Å². The highest BCUT2D eigenvalue weighted by Crippen LogP contribution is 2.38. The number of benzene rings is 1. The van der Waals surface area contributed by atoms with Crippen molar-refractivity contribution in [2.24, 2.45) is 17.2 Å². The van der Waals surface area contributed by atoms with Crippen molar-refractivity contribution in [1.82, 2.24) is 9.88 Å². The monoisotopic (exact) mass is 448 g/mol. The molecule has 1 aromatic carbocycles. The molecule has 0 spiro atoms. The molecular formula is C25H32N6O2. The SMILES string of the molecule is NC(N)=C(/C=C(\N)c1ccccc1O)N1CC2CCC(C1)N2c1ccnc(OC2CCC2)c1.